The molecule has 0 radical (unpaired) electrons. The van der Waals surface area contributed by atoms with E-state index >= 15 is 0 Å². The van der Waals surface area contributed by atoms with Gasteiger partial charge in [0.05, 0.1) is 0 Å². The number of aromatic nitrogens is 1. The third kappa shape index (κ3) is 1.92. The van der Waals surface area contributed by atoms with Gasteiger partial charge in [-0.2, -0.15) is 0 Å². The van der Waals surface area contributed by atoms with Crippen LogP contribution in [0.2, 0.25) is 0 Å². The Hall–Kier alpha value is -2.02. The second-order valence-corrected chi connectivity index (χ2v) is 4.94. The molecule has 18 heavy (non-hydrogen) atoms. The fourth-order valence-electron chi connectivity index (χ4n) is 2.47. The summed E-state index contributed by atoms with van der Waals surface area (Å²) in [5.74, 6) is 0. The second kappa shape index (κ2) is 4.34. The molecule has 3 rings (SSSR count). The van der Waals surface area contributed by atoms with Crippen LogP contribution < -0.4 is 0 Å². The van der Waals surface area contributed by atoms with Crippen LogP contribution in [0, 0.1) is 13.8 Å². The van der Waals surface area contributed by atoms with Gasteiger partial charge in [0.1, 0.15) is 0 Å². The van der Waals surface area contributed by atoms with Crippen molar-refractivity contribution in [2.45, 2.75) is 20.3 Å². The maximum absolute atomic E-state index is 3.46. The van der Waals surface area contributed by atoms with Crippen molar-refractivity contribution < 1.29 is 0 Å². The van der Waals surface area contributed by atoms with Crippen LogP contribution in [-0.2, 0) is 6.42 Å². The molecule has 1 nitrogen and oxygen atoms in total. The lowest BCUT2D eigenvalue weighted by Crippen LogP contribution is -1.89. The Morgan fingerprint density at radius 2 is 1.61 bits per heavy atom. The average molecular weight is 235 g/mol. The van der Waals surface area contributed by atoms with Gasteiger partial charge >= 0.3 is 0 Å². The number of fused-ring (bicyclic) bond motifs is 1. The number of hydrogen-bond acceptors (Lipinski definition) is 0. The Morgan fingerprint density at radius 3 is 2.39 bits per heavy atom. The minimum atomic E-state index is 0.996. The number of benzene rings is 2. The quantitative estimate of drug-likeness (QED) is 0.678. The van der Waals surface area contributed by atoms with Gasteiger partial charge in [-0.3, -0.25) is 0 Å². The summed E-state index contributed by atoms with van der Waals surface area (Å²) in [4.78, 5) is 3.46. The Balaban J connectivity index is 2.04. The van der Waals surface area contributed by atoms with Gasteiger partial charge in [-0.05, 0) is 37.5 Å². The third-order valence-corrected chi connectivity index (χ3v) is 3.53. The van der Waals surface area contributed by atoms with Crippen LogP contribution in [0.1, 0.15) is 22.4 Å². The molecular weight excluding hydrogens is 218 g/mol. The molecule has 0 aliphatic carbocycles. The van der Waals surface area contributed by atoms with E-state index in [1.54, 1.807) is 0 Å². The smallest absolute Gasteiger partial charge is 0.0458 e. The van der Waals surface area contributed by atoms with Crippen molar-refractivity contribution in [2.75, 3.05) is 0 Å². The van der Waals surface area contributed by atoms with E-state index in [1.165, 1.54) is 33.3 Å². The molecule has 0 bridgehead atoms. The van der Waals surface area contributed by atoms with Crippen molar-refractivity contribution in [1.29, 1.82) is 0 Å². The van der Waals surface area contributed by atoms with E-state index in [-0.39, 0.29) is 0 Å². The molecule has 0 saturated heterocycles. The van der Waals surface area contributed by atoms with Gasteiger partial charge in [-0.1, -0.05) is 48.0 Å². The van der Waals surface area contributed by atoms with Crippen molar-refractivity contribution in [1.82, 2.24) is 4.98 Å². The highest BCUT2D eigenvalue weighted by molar-refractivity contribution is 5.84. The lowest BCUT2D eigenvalue weighted by molar-refractivity contribution is 1.14. The number of para-hydroxylation sites is 1. The largest absolute Gasteiger partial charge is 0.358 e. The number of H-pyrrole nitrogens is 1. The first-order valence-electron chi connectivity index (χ1n) is 6.36. The lowest BCUT2D eigenvalue weighted by atomic mass is 10.0. The summed E-state index contributed by atoms with van der Waals surface area (Å²) in [6.07, 6.45) is 0.996. The lowest BCUT2D eigenvalue weighted by Gasteiger charge is -2.03. The molecule has 1 heterocycles. The first-order chi connectivity index (χ1) is 8.74. The molecule has 0 fully saturated rings. The first-order valence-corrected chi connectivity index (χ1v) is 6.36. The van der Waals surface area contributed by atoms with E-state index < -0.39 is 0 Å². The molecule has 1 N–H and O–H groups in total. The Labute approximate surface area is 107 Å². The van der Waals surface area contributed by atoms with Crippen LogP contribution in [0.4, 0.5) is 0 Å². The summed E-state index contributed by atoms with van der Waals surface area (Å²) in [6, 6.07) is 17.3. The summed E-state index contributed by atoms with van der Waals surface area (Å²) >= 11 is 0. The molecule has 0 amide bonds. The van der Waals surface area contributed by atoms with Crippen LogP contribution >= 0.6 is 0 Å². The minimum Gasteiger partial charge on any atom is -0.358 e. The Morgan fingerprint density at radius 1 is 0.889 bits per heavy atom. The summed E-state index contributed by atoms with van der Waals surface area (Å²) in [7, 11) is 0. The van der Waals surface area contributed by atoms with E-state index in [4.69, 9.17) is 0 Å². The van der Waals surface area contributed by atoms with E-state index in [9.17, 15) is 0 Å². The molecule has 0 atom stereocenters. The van der Waals surface area contributed by atoms with Gasteiger partial charge in [-0.25, -0.2) is 0 Å². The molecule has 90 valence electrons. The number of aromatic amines is 1. The van der Waals surface area contributed by atoms with Gasteiger partial charge in [0.2, 0.25) is 0 Å². The zero-order chi connectivity index (χ0) is 12.5. The fraction of sp³-hybridized carbons (Fsp3) is 0.176. The molecule has 1 heteroatoms. The van der Waals surface area contributed by atoms with Crippen molar-refractivity contribution >= 4 is 10.9 Å². The third-order valence-electron chi connectivity index (χ3n) is 3.53. The zero-order valence-corrected chi connectivity index (χ0v) is 10.8. The fourth-order valence-corrected chi connectivity index (χ4v) is 2.47. The highest BCUT2D eigenvalue weighted by atomic mass is 14.7. The van der Waals surface area contributed by atoms with Crippen LogP contribution in [0.15, 0.2) is 48.5 Å². The molecule has 2 aromatic carbocycles. The molecular formula is C17H17N. The molecule has 0 unspecified atom stereocenters. The van der Waals surface area contributed by atoms with Crippen LogP contribution in [0.5, 0.6) is 0 Å². The molecule has 3 aromatic rings. The standard InChI is InChI=1S/C17H17N/c1-12-7-9-14(10-8-12)11-16-13(2)18-17-6-4-3-5-15(16)17/h3-10,18H,11H2,1-2H3. The molecule has 0 aliphatic rings. The van der Waals surface area contributed by atoms with Crippen molar-refractivity contribution in [3.63, 3.8) is 0 Å². The maximum atomic E-state index is 3.46. The molecule has 1 aromatic heterocycles. The normalized spacial score (nSPS) is 11.0. The van der Waals surface area contributed by atoms with E-state index in [1.807, 2.05) is 0 Å². The van der Waals surface area contributed by atoms with E-state index in [0.29, 0.717) is 0 Å². The zero-order valence-electron chi connectivity index (χ0n) is 10.8. The Bertz CT molecular complexity index is 674. The van der Waals surface area contributed by atoms with Gasteiger partial charge in [0, 0.05) is 16.6 Å². The van der Waals surface area contributed by atoms with Crippen molar-refractivity contribution in [2.24, 2.45) is 0 Å². The number of aryl methyl sites for hydroxylation is 2. The summed E-state index contributed by atoms with van der Waals surface area (Å²) in [5, 5.41) is 1.34. The SMILES string of the molecule is Cc1ccc(Cc2c(C)[nH]c3ccccc23)cc1. The second-order valence-electron chi connectivity index (χ2n) is 4.94. The van der Waals surface area contributed by atoms with Crippen molar-refractivity contribution in [3.8, 4) is 0 Å². The number of hydrogen-bond donors (Lipinski definition) is 1. The van der Waals surface area contributed by atoms with Crippen molar-refractivity contribution in [3.05, 3.63) is 70.9 Å². The molecule has 0 saturated carbocycles. The Kier molecular flexibility index (Phi) is 2.67. The predicted molar refractivity (Wildman–Crippen MR) is 77.0 cm³/mol. The van der Waals surface area contributed by atoms with Crippen LogP contribution in [0.3, 0.4) is 0 Å². The topological polar surface area (TPSA) is 15.8 Å². The number of rotatable bonds is 2. The minimum absolute atomic E-state index is 0.996. The summed E-state index contributed by atoms with van der Waals surface area (Å²) in [6.45, 7) is 4.28. The monoisotopic (exact) mass is 235 g/mol. The maximum Gasteiger partial charge on any atom is 0.0458 e. The van der Waals surface area contributed by atoms with E-state index in [0.717, 1.165) is 6.42 Å². The summed E-state index contributed by atoms with van der Waals surface area (Å²) < 4.78 is 0. The van der Waals surface area contributed by atoms with Gasteiger partial charge in [-0.15, -0.1) is 0 Å². The van der Waals surface area contributed by atoms with Crippen LogP contribution in [0.25, 0.3) is 10.9 Å². The van der Waals surface area contributed by atoms with Gasteiger partial charge < -0.3 is 4.98 Å². The first kappa shape index (κ1) is 11.1. The van der Waals surface area contributed by atoms with Gasteiger partial charge in [0.25, 0.3) is 0 Å². The number of nitrogens with one attached hydrogen (secondary N) is 1. The molecule has 0 spiro atoms. The highest BCUT2D eigenvalue weighted by Gasteiger charge is 2.08. The molecule has 0 aliphatic heterocycles. The average Bonchev–Trinajstić information content (AvgIpc) is 2.69. The highest BCUT2D eigenvalue weighted by Crippen LogP contribution is 2.24. The predicted octanol–water partition coefficient (Wildman–Crippen LogP) is 4.38. The summed E-state index contributed by atoms with van der Waals surface area (Å²) in [5.41, 5.74) is 6.60. The van der Waals surface area contributed by atoms with Crippen LogP contribution in [-0.4, -0.2) is 4.98 Å². The van der Waals surface area contributed by atoms with Gasteiger partial charge in [0.15, 0.2) is 0 Å². The van der Waals surface area contributed by atoms with E-state index in [2.05, 4.69) is 67.4 Å².